The molecule has 1 rings (SSSR count). The molecule has 0 radical (unpaired) electrons. The summed E-state index contributed by atoms with van der Waals surface area (Å²) in [4.78, 5) is 10.4. The molecule has 0 bridgehead atoms. The van der Waals surface area contributed by atoms with Crippen LogP contribution in [-0.2, 0) is 4.79 Å². The second kappa shape index (κ2) is 4.45. The van der Waals surface area contributed by atoms with Gasteiger partial charge in [-0.1, -0.05) is 12.1 Å². The molecule has 0 amide bonds. The Morgan fingerprint density at radius 2 is 2.23 bits per heavy atom. The van der Waals surface area contributed by atoms with Crippen molar-refractivity contribution in [2.24, 2.45) is 0 Å². The Morgan fingerprint density at radius 3 is 2.85 bits per heavy atom. The van der Waals surface area contributed by atoms with E-state index >= 15 is 0 Å². The summed E-state index contributed by atoms with van der Waals surface area (Å²) in [7, 11) is 1.62. The highest BCUT2D eigenvalue weighted by molar-refractivity contribution is 5.80. The van der Waals surface area contributed by atoms with Crippen LogP contribution in [0.25, 0.3) is 6.08 Å². The maximum atomic E-state index is 10.4. The van der Waals surface area contributed by atoms with E-state index in [1.54, 1.807) is 14.0 Å². The molecule has 1 aromatic carbocycles. The molecule has 0 saturated carbocycles. The minimum Gasteiger partial charge on any atom is -0.497 e. The largest absolute Gasteiger partial charge is 0.497 e. The van der Waals surface area contributed by atoms with E-state index in [0.29, 0.717) is 5.57 Å². The van der Waals surface area contributed by atoms with Gasteiger partial charge in [0, 0.05) is 0 Å². The van der Waals surface area contributed by atoms with E-state index in [2.05, 4.69) is 0 Å². The SMILES string of the molecule is COc1cccc(/C=C(/C)C=O)c1. The van der Waals surface area contributed by atoms with E-state index in [-0.39, 0.29) is 0 Å². The third-order valence-corrected chi connectivity index (χ3v) is 1.67. The quantitative estimate of drug-likeness (QED) is 0.521. The third-order valence-electron chi connectivity index (χ3n) is 1.67. The highest BCUT2D eigenvalue weighted by atomic mass is 16.5. The molecule has 0 fully saturated rings. The normalized spacial score (nSPS) is 11.1. The van der Waals surface area contributed by atoms with Crippen LogP contribution in [0.1, 0.15) is 12.5 Å². The molecule has 1 aromatic rings. The summed E-state index contributed by atoms with van der Waals surface area (Å²) >= 11 is 0. The first-order chi connectivity index (χ1) is 6.26. The monoisotopic (exact) mass is 176 g/mol. The van der Waals surface area contributed by atoms with E-state index in [0.717, 1.165) is 17.6 Å². The molecule has 0 aliphatic rings. The minimum atomic E-state index is 0.702. The highest BCUT2D eigenvalue weighted by Gasteiger charge is 1.92. The van der Waals surface area contributed by atoms with Gasteiger partial charge in [-0.05, 0) is 36.3 Å². The van der Waals surface area contributed by atoms with Crippen molar-refractivity contribution in [3.05, 3.63) is 35.4 Å². The second-order valence-electron chi connectivity index (χ2n) is 2.78. The zero-order chi connectivity index (χ0) is 9.68. The molecule has 0 spiro atoms. The first-order valence-electron chi connectivity index (χ1n) is 4.04. The van der Waals surface area contributed by atoms with Crippen LogP contribution in [0.4, 0.5) is 0 Å². The Labute approximate surface area is 77.8 Å². The van der Waals surface area contributed by atoms with E-state index in [4.69, 9.17) is 4.74 Å². The van der Waals surface area contributed by atoms with Gasteiger partial charge in [-0.2, -0.15) is 0 Å². The van der Waals surface area contributed by atoms with Crippen LogP contribution >= 0.6 is 0 Å². The summed E-state index contributed by atoms with van der Waals surface area (Å²) in [6.07, 6.45) is 2.65. The van der Waals surface area contributed by atoms with E-state index < -0.39 is 0 Å². The van der Waals surface area contributed by atoms with Crippen molar-refractivity contribution in [3.63, 3.8) is 0 Å². The van der Waals surface area contributed by atoms with Crippen LogP contribution in [0.2, 0.25) is 0 Å². The standard InChI is InChI=1S/C11H12O2/c1-9(8-12)6-10-4-3-5-11(7-10)13-2/h3-8H,1-2H3/b9-6-. The number of hydrogen-bond donors (Lipinski definition) is 0. The van der Waals surface area contributed by atoms with Crippen molar-refractivity contribution in [2.45, 2.75) is 6.92 Å². The van der Waals surface area contributed by atoms with Gasteiger partial charge < -0.3 is 4.74 Å². The number of carbonyl (C=O) groups is 1. The molecule has 2 nitrogen and oxygen atoms in total. The number of hydrogen-bond acceptors (Lipinski definition) is 2. The average Bonchev–Trinajstić information content (AvgIpc) is 2.18. The first kappa shape index (κ1) is 9.52. The number of allylic oxidation sites excluding steroid dienone is 1. The molecule has 0 saturated heterocycles. The Balaban J connectivity index is 2.95. The predicted molar refractivity (Wildman–Crippen MR) is 52.7 cm³/mol. The van der Waals surface area contributed by atoms with Crippen LogP contribution in [0, 0.1) is 0 Å². The molecular formula is C11H12O2. The Morgan fingerprint density at radius 1 is 1.46 bits per heavy atom. The maximum Gasteiger partial charge on any atom is 0.145 e. The Bertz CT molecular complexity index is 327. The zero-order valence-electron chi connectivity index (χ0n) is 7.78. The summed E-state index contributed by atoms with van der Waals surface area (Å²) in [6.45, 7) is 1.77. The number of ether oxygens (including phenoxy) is 1. The Hall–Kier alpha value is -1.57. The number of benzene rings is 1. The van der Waals surface area contributed by atoms with E-state index in [1.807, 2.05) is 30.3 Å². The fraction of sp³-hybridized carbons (Fsp3) is 0.182. The summed E-state index contributed by atoms with van der Waals surface area (Å²) in [6, 6.07) is 7.57. The van der Waals surface area contributed by atoms with Crippen molar-refractivity contribution in [1.82, 2.24) is 0 Å². The first-order valence-corrected chi connectivity index (χ1v) is 4.04. The van der Waals surface area contributed by atoms with Crippen molar-refractivity contribution in [1.29, 1.82) is 0 Å². The molecule has 0 heterocycles. The average molecular weight is 176 g/mol. The maximum absolute atomic E-state index is 10.4. The molecule has 0 N–H and O–H groups in total. The van der Waals surface area contributed by atoms with Crippen molar-refractivity contribution in [2.75, 3.05) is 7.11 Å². The number of rotatable bonds is 3. The summed E-state index contributed by atoms with van der Waals surface area (Å²) in [5.41, 5.74) is 1.68. The van der Waals surface area contributed by atoms with Crippen LogP contribution in [0.15, 0.2) is 29.8 Å². The lowest BCUT2D eigenvalue weighted by Crippen LogP contribution is -1.83. The molecule has 0 unspecified atom stereocenters. The molecule has 0 aliphatic heterocycles. The van der Waals surface area contributed by atoms with Crippen molar-refractivity contribution < 1.29 is 9.53 Å². The third kappa shape index (κ3) is 2.75. The van der Waals surface area contributed by atoms with Crippen LogP contribution in [-0.4, -0.2) is 13.4 Å². The number of carbonyl (C=O) groups excluding carboxylic acids is 1. The van der Waals surface area contributed by atoms with Crippen molar-refractivity contribution in [3.8, 4) is 5.75 Å². The Kier molecular flexibility index (Phi) is 3.26. The fourth-order valence-electron chi connectivity index (χ4n) is 1.03. The van der Waals surface area contributed by atoms with Gasteiger partial charge in [-0.15, -0.1) is 0 Å². The highest BCUT2D eigenvalue weighted by Crippen LogP contribution is 2.14. The molecule has 2 heteroatoms. The lowest BCUT2D eigenvalue weighted by Gasteiger charge is -2.00. The van der Waals surface area contributed by atoms with Crippen LogP contribution in [0.5, 0.6) is 5.75 Å². The summed E-state index contributed by atoms with van der Waals surface area (Å²) < 4.78 is 5.05. The molecule has 0 atom stereocenters. The van der Waals surface area contributed by atoms with Crippen LogP contribution < -0.4 is 4.74 Å². The molecule has 0 aliphatic carbocycles. The summed E-state index contributed by atoms with van der Waals surface area (Å²) in [5, 5.41) is 0. The van der Waals surface area contributed by atoms with Gasteiger partial charge in [0.1, 0.15) is 12.0 Å². The second-order valence-corrected chi connectivity index (χ2v) is 2.78. The van der Waals surface area contributed by atoms with Gasteiger partial charge in [0.2, 0.25) is 0 Å². The predicted octanol–water partition coefficient (Wildman–Crippen LogP) is 2.30. The van der Waals surface area contributed by atoms with Gasteiger partial charge in [0.05, 0.1) is 7.11 Å². The number of aldehydes is 1. The minimum absolute atomic E-state index is 0.702. The van der Waals surface area contributed by atoms with Gasteiger partial charge in [-0.25, -0.2) is 0 Å². The molecule has 0 aromatic heterocycles. The summed E-state index contributed by atoms with van der Waals surface area (Å²) in [5.74, 6) is 0.799. The van der Waals surface area contributed by atoms with Gasteiger partial charge >= 0.3 is 0 Å². The van der Waals surface area contributed by atoms with E-state index in [1.165, 1.54) is 0 Å². The topological polar surface area (TPSA) is 26.3 Å². The smallest absolute Gasteiger partial charge is 0.145 e. The molecule has 68 valence electrons. The van der Waals surface area contributed by atoms with E-state index in [9.17, 15) is 4.79 Å². The lowest BCUT2D eigenvalue weighted by atomic mass is 10.1. The van der Waals surface area contributed by atoms with Crippen molar-refractivity contribution >= 4 is 12.4 Å². The number of methoxy groups -OCH3 is 1. The fourth-order valence-corrected chi connectivity index (χ4v) is 1.03. The molecule has 13 heavy (non-hydrogen) atoms. The van der Waals surface area contributed by atoms with Gasteiger partial charge in [-0.3, -0.25) is 4.79 Å². The zero-order valence-corrected chi connectivity index (χ0v) is 7.78. The van der Waals surface area contributed by atoms with Gasteiger partial charge in [0.25, 0.3) is 0 Å². The van der Waals surface area contributed by atoms with Gasteiger partial charge in [0.15, 0.2) is 0 Å². The molecular weight excluding hydrogens is 164 g/mol. The van der Waals surface area contributed by atoms with Crippen LogP contribution in [0.3, 0.4) is 0 Å². The lowest BCUT2D eigenvalue weighted by molar-refractivity contribution is -0.104.